The van der Waals surface area contributed by atoms with Crippen molar-refractivity contribution in [3.05, 3.63) is 176 Å². The van der Waals surface area contributed by atoms with Gasteiger partial charge in [-0.25, -0.2) is 0 Å². The summed E-state index contributed by atoms with van der Waals surface area (Å²) in [7, 11) is 0. The predicted molar refractivity (Wildman–Crippen MR) is 224 cm³/mol. The molecule has 0 saturated heterocycles. The highest BCUT2D eigenvalue weighted by molar-refractivity contribution is 5.95. The van der Waals surface area contributed by atoms with Gasteiger partial charge >= 0.3 is 0 Å². The van der Waals surface area contributed by atoms with E-state index in [9.17, 15) is 10.2 Å². The Morgan fingerprint density at radius 3 is 1.22 bits per heavy atom. The number of nitrogen functional groups attached to an aromatic ring is 2. The number of hydrogen-bond donors (Lipinski definition) is 6. The van der Waals surface area contributed by atoms with Crippen molar-refractivity contribution in [3.63, 3.8) is 0 Å². The minimum atomic E-state index is -0.258. The van der Waals surface area contributed by atoms with E-state index in [1.165, 1.54) is 0 Å². The van der Waals surface area contributed by atoms with E-state index in [1.807, 2.05) is 30.3 Å². The van der Waals surface area contributed by atoms with E-state index >= 15 is 0 Å². The fourth-order valence-electron chi connectivity index (χ4n) is 5.83. The molecule has 0 aliphatic carbocycles. The molecule has 0 saturated carbocycles. The SMILES string of the molecule is Cc1ncc(CO)c(OCc2cccc(C#N)c2)c1OCc1cccc(C#N)c1.Cc1ncc(CO)c(OCc2cccc(C(=N)N)c2)c1OCc1cccc(C(=N)N)c1. The number of aryl methyl sites for hydroxylation is 2. The molecular formula is C46H44N8O6. The third-order valence-corrected chi connectivity index (χ3v) is 8.94. The van der Waals surface area contributed by atoms with Crippen LogP contribution in [0.5, 0.6) is 23.0 Å². The second-order valence-electron chi connectivity index (χ2n) is 13.4. The van der Waals surface area contributed by atoms with Gasteiger partial charge in [0.2, 0.25) is 0 Å². The first kappa shape index (κ1) is 43.3. The molecular weight excluding hydrogens is 761 g/mol. The number of amidine groups is 2. The molecule has 0 radical (unpaired) electrons. The van der Waals surface area contributed by atoms with Crippen LogP contribution in [0.25, 0.3) is 0 Å². The van der Waals surface area contributed by atoms with Crippen molar-refractivity contribution >= 4 is 11.7 Å². The van der Waals surface area contributed by atoms with Gasteiger partial charge in [0.05, 0.1) is 47.9 Å². The van der Waals surface area contributed by atoms with Crippen LogP contribution >= 0.6 is 0 Å². The maximum atomic E-state index is 9.77. The van der Waals surface area contributed by atoms with Gasteiger partial charge in [0.1, 0.15) is 38.1 Å². The third kappa shape index (κ3) is 11.6. The minimum absolute atomic E-state index is 0.0150. The molecule has 60 heavy (non-hydrogen) atoms. The van der Waals surface area contributed by atoms with E-state index in [4.69, 9.17) is 51.8 Å². The van der Waals surface area contributed by atoms with Gasteiger partial charge in [0.25, 0.3) is 0 Å². The summed E-state index contributed by atoms with van der Waals surface area (Å²) in [5.41, 5.74) is 19.0. The number of aromatic nitrogens is 2. The zero-order valence-corrected chi connectivity index (χ0v) is 33.1. The monoisotopic (exact) mass is 804 g/mol. The van der Waals surface area contributed by atoms with Crippen LogP contribution in [-0.4, -0.2) is 31.9 Å². The van der Waals surface area contributed by atoms with Crippen LogP contribution in [0.15, 0.2) is 109 Å². The van der Waals surface area contributed by atoms with E-state index in [0.29, 0.717) is 67.8 Å². The van der Waals surface area contributed by atoms with Crippen molar-refractivity contribution < 1.29 is 29.2 Å². The number of rotatable bonds is 16. The summed E-state index contributed by atoms with van der Waals surface area (Å²) >= 11 is 0. The number of hydrogen-bond acceptors (Lipinski definition) is 12. The van der Waals surface area contributed by atoms with Crippen LogP contribution in [0.2, 0.25) is 0 Å². The summed E-state index contributed by atoms with van der Waals surface area (Å²) in [6.45, 7) is 3.95. The highest BCUT2D eigenvalue weighted by Crippen LogP contribution is 2.36. The normalized spacial score (nSPS) is 10.3. The maximum Gasteiger partial charge on any atom is 0.183 e. The second-order valence-corrected chi connectivity index (χ2v) is 13.4. The van der Waals surface area contributed by atoms with E-state index < -0.39 is 0 Å². The fourth-order valence-corrected chi connectivity index (χ4v) is 5.83. The number of nitrogens with zero attached hydrogens (tertiary/aromatic N) is 4. The summed E-state index contributed by atoms with van der Waals surface area (Å²) in [6.07, 6.45) is 3.11. The standard InChI is InChI=1S/C23H25N5O3.C23H19N3O3/c1-14-20(30-12-15-4-2-6-17(8-15)22(24)25)21(19(11-29)10-28-14)31-13-16-5-3-7-18(9-16)23(26)27;1-16-22(28-14-19-6-2-4-17(8-19)10-24)23(21(13-27)12-26-16)29-15-20-7-3-5-18(9-20)11-25/h2-10,29H,11-13H2,1H3,(H3,24,25)(H3,26,27);2-9,12,27H,13-15H2,1H3. The summed E-state index contributed by atoms with van der Waals surface area (Å²) in [5, 5.41) is 52.8. The molecule has 14 nitrogen and oxygen atoms in total. The van der Waals surface area contributed by atoms with Crippen LogP contribution < -0.4 is 30.4 Å². The topological polar surface area (TPSA) is 250 Å². The molecule has 0 aliphatic rings. The zero-order valence-electron chi connectivity index (χ0n) is 33.1. The van der Waals surface area contributed by atoms with E-state index in [0.717, 1.165) is 22.3 Å². The van der Waals surface area contributed by atoms with Crippen LogP contribution in [0, 0.1) is 47.3 Å². The summed E-state index contributed by atoms with van der Waals surface area (Å²) < 4.78 is 24.0. The van der Waals surface area contributed by atoms with Crippen molar-refractivity contribution in [3.8, 4) is 35.1 Å². The molecule has 0 amide bonds. The van der Waals surface area contributed by atoms with Gasteiger partial charge in [-0.3, -0.25) is 20.8 Å². The Morgan fingerprint density at radius 2 is 0.883 bits per heavy atom. The van der Waals surface area contributed by atoms with Crippen LogP contribution in [0.3, 0.4) is 0 Å². The van der Waals surface area contributed by atoms with E-state index in [-0.39, 0.29) is 51.3 Å². The molecule has 6 aromatic rings. The molecule has 0 bridgehead atoms. The average molecular weight is 805 g/mol. The Bertz CT molecular complexity index is 2560. The average Bonchev–Trinajstić information content (AvgIpc) is 3.27. The molecule has 14 heteroatoms. The zero-order chi connectivity index (χ0) is 43.0. The van der Waals surface area contributed by atoms with E-state index in [2.05, 4.69) is 22.1 Å². The van der Waals surface area contributed by atoms with Gasteiger partial charge in [0, 0.05) is 34.6 Å². The van der Waals surface area contributed by atoms with Crippen molar-refractivity contribution in [2.45, 2.75) is 53.5 Å². The number of aliphatic hydroxyl groups excluding tert-OH is 2. The molecule has 304 valence electrons. The minimum Gasteiger partial charge on any atom is -0.484 e. The molecule has 2 heterocycles. The Balaban J connectivity index is 0.000000228. The number of nitrogens with two attached hydrogens (primary N) is 2. The van der Waals surface area contributed by atoms with Crippen molar-refractivity contribution in [2.75, 3.05) is 0 Å². The Hall–Kier alpha value is -7.78. The van der Waals surface area contributed by atoms with Crippen LogP contribution in [-0.2, 0) is 39.6 Å². The Labute approximate surface area is 347 Å². The van der Waals surface area contributed by atoms with Gasteiger partial charge in [-0.15, -0.1) is 0 Å². The number of benzene rings is 4. The van der Waals surface area contributed by atoms with E-state index in [1.54, 1.807) is 93.0 Å². The van der Waals surface area contributed by atoms with Gasteiger partial charge in [0.15, 0.2) is 23.0 Å². The summed E-state index contributed by atoms with van der Waals surface area (Å²) in [5.74, 6) is 1.66. The van der Waals surface area contributed by atoms with Crippen LogP contribution in [0.1, 0.15) is 67.0 Å². The molecule has 6 rings (SSSR count). The molecule has 0 spiro atoms. The molecule has 0 fully saturated rings. The first-order valence-corrected chi connectivity index (χ1v) is 18.6. The van der Waals surface area contributed by atoms with Gasteiger partial charge < -0.3 is 40.6 Å². The molecule has 8 N–H and O–H groups in total. The number of pyridine rings is 2. The molecule has 0 atom stereocenters. The van der Waals surface area contributed by atoms with Gasteiger partial charge in [-0.2, -0.15) is 10.5 Å². The highest BCUT2D eigenvalue weighted by atomic mass is 16.5. The molecule has 2 aromatic heterocycles. The lowest BCUT2D eigenvalue weighted by atomic mass is 10.1. The van der Waals surface area contributed by atoms with Gasteiger partial charge in [-0.1, -0.05) is 60.7 Å². The Morgan fingerprint density at radius 1 is 0.550 bits per heavy atom. The largest absolute Gasteiger partial charge is 0.484 e. The molecule has 0 unspecified atom stereocenters. The second kappa shape index (κ2) is 21.1. The summed E-state index contributed by atoms with van der Waals surface area (Å²) in [6, 6.07) is 32.9. The van der Waals surface area contributed by atoms with Crippen molar-refractivity contribution in [1.29, 1.82) is 21.3 Å². The predicted octanol–water partition coefficient (Wildman–Crippen LogP) is 6.39. The number of ether oxygens (including phenoxy) is 4. The smallest absolute Gasteiger partial charge is 0.183 e. The van der Waals surface area contributed by atoms with Crippen LogP contribution in [0.4, 0.5) is 0 Å². The van der Waals surface area contributed by atoms with Crippen molar-refractivity contribution in [1.82, 2.24) is 9.97 Å². The first-order valence-electron chi connectivity index (χ1n) is 18.6. The number of nitrogens with one attached hydrogen (secondary N) is 2. The lowest BCUT2D eigenvalue weighted by Gasteiger charge is -2.17. The fraction of sp³-hybridized carbons (Fsp3) is 0.174. The lowest BCUT2D eigenvalue weighted by molar-refractivity contribution is 0.234. The third-order valence-electron chi connectivity index (χ3n) is 8.94. The van der Waals surface area contributed by atoms with Crippen molar-refractivity contribution in [2.24, 2.45) is 11.5 Å². The maximum absolute atomic E-state index is 9.77. The number of nitriles is 2. The number of aliphatic hydroxyl groups is 2. The highest BCUT2D eigenvalue weighted by Gasteiger charge is 2.18. The molecule has 0 aliphatic heterocycles. The summed E-state index contributed by atoms with van der Waals surface area (Å²) in [4.78, 5) is 8.58. The Kier molecular flexibility index (Phi) is 15.3. The van der Waals surface area contributed by atoms with Gasteiger partial charge in [-0.05, 0) is 72.5 Å². The lowest BCUT2D eigenvalue weighted by Crippen LogP contribution is -2.12. The first-order chi connectivity index (χ1) is 29.0. The molecule has 4 aromatic carbocycles. The quantitative estimate of drug-likeness (QED) is 0.0460.